The number of anilines is 1. The normalized spacial score (nSPS) is 21.9. The molecule has 1 aromatic rings. The van der Waals surface area contributed by atoms with E-state index in [-0.39, 0.29) is 39.9 Å². The monoisotopic (exact) mass is 396 g/mol. The van der Waals surface area contributed by atoms with Crippen molar-refractivity contribution in [3.8, 4) is 5.75 Å². The van der Waals surface area contributed by atoms with Gasteiger partial charge in [-0.15, -0.1) is 0 Å². The van der Waals surface area contributed by atoms with E-state index in [1.165, 1.54) is 32.1 Å². The van der Waals surface area contributed by atoms with Gasteiger partial charge in [0.1, 0.15) is 10.6 Å². The fraction of sp³-hybridized carbons (Fsp3) is 0.611. The maximum Gasteiger partial charge on any atom is 0.255 e. The van der Waals surface area contributed by atoms with Crippen LogP contribution in [0.2, 0.25) is 0 Å². The Bertz CT molecular complexity index is 784. The zero-order chi connectivity index (χ0) is 19.6. The van der Waals surface area contributed by atoms with Crippen molar-refractivity contribution in [2.45, 2.75) is 55.5 Å². The number of sulfonamides is 1. The second kappa shape index (κ2) is 8.04. The highest BCUT2D eigenvalue weighted by Crippen LogP contribution is 2.32. The van der Waals surface area contributed by atoms with Crippen molar-refractivity contribution in [2.24, 2.45) is 11.1 Å². The van der Waals surface area contributed by atoms with Crippen LogP contribution in [0.25, 0.3) is 0 Å². The lowest BCUT2D eigenvalue weighted by molar-refractivity contribution is 0.0906. The number of benzene rings is 1. The first-order valence-corrected chi connectivity index (χ1v) is 10.9. The van der Waals surface area contributed by atoms with Crippen LogP contribution in [0.5, 0.6) is 5.75 Å². The number of nitrogen functional groups attached to an aromatic ring is 1. The maximum atomic E-state index is 13.0. The van der Waals surface area contributed by atoms with Crippen molar-refractivity contribution in [2.75, 3.05) is 19.4 Å². The highest BCUT2D eigenvalue weighted by Gasteiger charge is 2.35. The first-order chi connectivity index (χ1) is 12.8. The van der Waals surface area contributed by atoms with E-state index in [2.05, 4.69) is 10.6 Å². The van der Waals surface area contributed by atoms with Crippen molar-refractivity contribution in [1.29, 1.82) is 0 Å². The Morgan fingerprint density at radius 1 is 1.26 bits per heavy atom. The van der Waals surface area contributed by atoms with Gasteiger partial charge in [0.05, 0.1) is 18.4 Å². The molecule has 6 N–H and O–H groups in total. The molecule has 1 amide bonds. The zero-order valence-corrected chi connectivity index (χ0v) is 16.3. The van der Waals surface area contributed by atoms with E-state index in [1.54, 1.807) is 0 Å². The van der Waals surface area contributed by atoms with Gasteiger partial charge >= 0.3 is 0 Å². The van der Waals surface area contributed by atoms with Crippen LogP contribution in [-0.2, 0) is 10.0 Å². The van der Waals surface area contributed by atoms with Gasteiger partial charge in [0.2, 0.25) is 10.0 Å². The van der Waals surface area contributed by atoms with Gasteiger partial charge in [-0.25, -0.2) is 13.6 Å². The SMILES string of the molecule is COc1cc(N)c(S(N)(=O)=O)cc1C(=O)NC(C1CCCC1)C1CCCN1. The third-order valence-electron chi connectivity index (χ3n) is 5.62. The molecule has 2 atom stereocenters. The number of rotatable bonds is 6. The first-order valence-electron chi connectivity index (χ1n) is 9.36. The van der Waals surface area contributed by atoms with Crippen molar-refractivity contribution in [3.63, 3.8) is 0 Å². The summed E-state index contributed by atoms with van der Waals surface area (Å²) in [6.07, 6.45) is 6.62. The van der Waals surface area contributed by atoms with Gasteiger partial charge in [-0.05, 0) is 44.2 Å². The smallest absolute Gasteiger partial charge is 0.255 e. The van der Waals surface area contributed by atoms with Gasteiger partial charge in [0, 0.05) is 18.2 Å². The number of hydrogen-bond acceptors (Lipinski definition) is 6. The standard InChI is InChI=1S/C18H28N4O4S/c1-26-15-10-13(19)16(27(20,24)25)9-12(15)18(23)22-17(11-5-2-3-6-11)14-7-4-8-21-14/h9-11,14,17,21H,2-8,19H2,1H3,(H,22,23)(H2,20,24,25). The maximum absolute atomic E-state index is 13.0. The lowest BCUT2D eigenvalue weighted by Crippen LogP contribution is -2.51. The van der Waals surface area contributed by atoms with Crippen LogP contribution in [0.3, 0.4) is 0 Å². The number of amides is 1. The molecular weight excluding hydrogens is 368 g/mol. The van der Waals surface area contributed by atoms with Crippen LogP contribution in [0, 0.1) is 5.92 Å². The fourth-order valence-corrected chi connectivity index (χ4v) is 4.95. The quantitative estimate of drug-likeness (QED) is 0.529. The topological polar surface area (TPSA) is 137 Å². The zero-order valence-electron chi connectivity index (χ0n) is 15.5. The molecule has 1 aliphatic carbocycles. The average molecular weight is 397 g/mol. The van der Waals surface area contributed by atoms with E-state index in [1.807, 2.05) is 0 Å². The number of nitrogens with two attached hydrogens (primary N) is 2. The Balaban J connectivity index is 1.91. The molecule has 1 saturated carbocycles. The molecule has 8 nitrogen and oxygen atoms in total. The second-order valence-electron chi connectivity index (χ2n) is 7.38. The minimum absolute atomic E-state index is 0.00249. The third-order valence-corrected chi connectivity index (χ3v) is 6.59. The molecule has 1 aromatic carbocycles. The Kier molecular flexibility index (Phi) is 5.92. The van der Waals surface area contributed by atoms with Crippen LogP contribution < -0.4 is 26.2 Å². The summed E-state index contributed by atoms with van der Waals surface area (Å²) < 4.78 is 28.8. The van der Waals surface area contributed by atoms with Gasteiger partial charge in [-0.3, -0.25) is 4.79 Å². The van der Waals surface area contributed by atoms with Gasteiger partial charge in [-0.1, -0.05) is 12.8 Å². The van der Waals surface area contributed by atoms with E-state index in [0.717, 1.165) is 32.2 Å². The molecule has 0 aromatic heterocycles. The van der Waals surface area contributed by atoms with Crippen LogP contribution in [0.15, 0.2) is 17.0 Å². The molecule has 0 bridgehead atoms. The van der Waals surface area contributed by atoms with E-state index >= 15 is 0 Å². The summed E-state index contributed by atoms with van der Waals surface area (Å²) in [6.45, 7) is 0.949. The molecule has 2 unspecified atom stereocenters. The summed E-state index contributed by atoms with van der Waals surface area (Å²) in [5, 5.41) is 11.8. The molecule has 1 aliphatic heterocycles. The van der Waals surface area contributed by atoms with Crippen LogP contribution in [-0.4, -0.2) is 40.1 Å². The second-order valence-corrected chi connectivity index (χ2v) is 8.91. The molecule has 3 rings (SSSR count). The molecule has 9 heteroatoms. The van der Waals surface area contributed by atoms with Crippen molar-refractivity contribution >= 4 is 21.6 Å². The first kappa shape index (κ1) is 19.9. The summed E-state index contributed by atoms with van der Waals surface area (Å²) in [7, 11) is -2.64. The third kappa shape index (κ3) is 4.36. The van der Waals surface area contributed by atoms with Gasteiger partial charge < -0.3 is 21.1 Å². The lowest BCUT2D eigenvalue weighted by atomic mass is 9.90. The van der Waals surface area contributed by atoms with E-state index < -0.39 is 10.0 Å². The predicted molar refractivity (Wildman–Crippen MR) is 103 cm³/mol. The number of hydrogen-bond donors (Lipinski definition) is 4. The molecule has 150 valence electrons. The Morgan fingerprint density at radius 3 is 2.52 bits per heavy atom. The van der Waals surface area contributed by atoms with Crippen molar-refractivity contribution in [3.05, 3.63) is 17.7 Å². The van der Waals surface area contributed by atoms with Crippen LogP contribution in [0.1, 0.15) is 48.9 Å². The van der Waals surface area contributed by atoms with Gasteiger partial charge in [-0.2, -0.15) is 0 Å². The van der Waals surface area contributed by atoms with E-state index in [9.17, 15) is 13.2 Å². The van der Waals surface area contributed by atoms with Gasteiger partial charge in [0.25, 0.3) is 5.91 Å². The fourth-order valence-electron chi connectivity index (χ4n) is 4.28. The van der Waals surface area contributed by atoms with E-state index in [0.29, 0.717) is 5.92 Å². The number of carbonyl (C=O) groups is 1. The summed E-state index contributed by atoms with van der Waals surface area (Å²) >= 11 is 0. The largest absolute Gasteiger partial charge is 0.496 e. The molecule has 2 fully saturated rings. The van der Waals surface area contributed by atoms with Crippen LogP contribution in [0.4, 0.5) is 5.69 Å². The van der Waals surface area contributed by atoms with Crippen LogP contribution >= 0.6 is 0 Å². The number of primary sulfonamides is 1. The Hall–Kier alpha value is -1.84. The number of carbonyl (C=O) groups excluding carboxylic acids is 1. The molecule has 2 aliphatic rings. The minimum Gasteiger partial charge on any atom is -0.496 e. The van der Waals surface area contributed by atoms with E-state index in [4.69, 9.17) is 15.6 Å². The van der Waals surface area contributed by atoms with Gasteiger partial charge in [0.15, 0.2) is 0 Å². The van der Waals surface area contributed by atoms with Crippen molar-refractivity contribution in [1.82, 2.24) is 10.6 Å². The molecule has 0 spiro atoms. The summed E-state index contributed by atoms with van der Waals surface area (Å²) in [5.74, 6) is 0.270. The van der Waals surface area contributed by atoms with Crippen molar-refractivity contribution < 1.29 is 17.9 Å². The summed E-state index contributed by atoms with van der Waals surface area (Å²) in [5.41, 5.74) is 5.85. The summed E-state index contributed by atoms with van der Waals surface area (Å²) in [4.78, 5) is 12.8. The number of ether oxygens (including phenoxy) is 1. The minimum atomic E-state index is -4.05. The average Bonchev–Trinajstić information content (AvgIpc) is 3.31. The molecule has 27 heavy (non-hydrogen) atoms. The molecule has 1 saturated heterocycles. The lowest BCUT2D eigenvalue weighted by Gasteiger charge is -2.30. The number of nitrogens with one attached hydrogen (secondary N) is 2. The molecule has 0 radical (unpaired) electrons. The molecular formula is C18H28N4O4S. The highest BCUT2D eigenvalue weighted by molar-refractivity contribution is 7.89. The predicted octanol–water partition coefficient (Wildman–Crippen LogP) is 0.965. The Labute approximate surface area is 160 Å². The highest BCUT2D eigenvalue weighted by atomic mass is 32.2. The number of methoxy groups -OCH3 is 1. The summed E-state index contributed by atoms with van der Waals surface area (Å²) in [6, 6.07) is 2.76. The Morgan fingerprint density at radius 2 is 1.96 bits per heavy atom. The molecule has 1 heterocycles.